The molecule has 4 atom stereocenters. The van der Waals surface area contributed by atoms with Crippen LogP contribution in [0.25, 0.3) is 0 Å². The maximum atomic E-state index is 4.50. The lowest BCUT2D eigenvalue weighted by Crippen LogP contribution is -2.60. The molecule has 1 N–H and O–H groups in total. The zero-order valence-electron chi connectivity index (χ0n) is 14.2. The highest BCUT2D eigenvalue weighted by molar-refractivity contribution is 7.09. The average Bonchev–Trinajstić information content (AvgIpc) is 3.00. The molecule has 2 rings (SSSR count). The molecule has 0 bridgehead atoms. The third-order valence-electron chi connectivity index (χ3n) is 4.97. The van der Waals surface area contributed by atoms with E-state index in [0.29, 0.717) is 23.9 Å². The number of nitrogens with one attached hydrogen (secondary N) is 1. The van der Waals surface area contributed by atoms with Gasteiger partial charge in [0.05, 0.1) is 5.01 Å². The summed E-state index contributed by atoms with van der Waals surface area (Å²) < 4.78 is 0. The van der Waals surface area contributed by atoms with Gasteiger partial charge in [-0.1, -0.05) is 41.0 Å². The Labute approximate surface area is 134 Å². The lowest BCUT2D eigenvalue weighted by Gasteiger charge is -2.45. The zero-order chi connectivity index (χ0) is 15.4. The van der Waals surface area contributed by atoms with Gasteiger partial charge in [0.15, 0.2) is 0 Å². The quantitative estimate of drug-likeness (QED) is 0.870. The first-order valence-electron chi connectivity index (χ1n) is 8.39. The predicted molar refractivity (Wildman–Crippen MR) is 92.0 cm³/mol. The van der Waals surface area contributed by atoms with Crippen molar-refractivity contribution in [3.8, 4) is 0 Å². The maximum absolute atomic E-state index is 4.50. The van der Waals surface area contributed by atoms with Crippen LogP contribution in [0.4, 0.5) is 0 Å². The van der Waals surface area contributed by atoms with E-state index in [1.54, 1.807) is 11.3 Å². The summed E-state index contributed by atoms with van der Waals surface area (Å²) in [7, 11) is 0. The smallest absolute Gasteiger partial charge is 0.0965 e. The SMILES string of the molecule is CCC(C)C1CN(CC(C)c2nccs2)C(C(C)C)CN1. The molecule has 4 heteroatoms. The Kier molecular flexibility index (Phi) is 6.20. The van der Waals surface area contributed by atoms with Crippen LogP contribution < -0.4 is 5.32 Å². The molecule has 0 saturated carbocycles. The molecule has 0 radical (unpaired) electrons. The second kappa shape index (κ2) is 7.70. The highest BCUT2D eigenvalue weighted by Crippen LogP contribution is 2.25. The number of hydrogen-bond donors (Lipinski definition) is 1. The van der Waals surface area contributed by atoms with E-state index in [9.17, 15) is 0 Å². The Balaban J connectivity index is 2.03. The van der Waals surface area contributed by atoms with Crippen LogP contribution >= 0.6 is 11.3 Å². The summed E-state index contributed by atoms with van der Waals surface area (Å²) in [6.45, 7) is 15.1. The fourth-order valence-electron chi connectivity index (χ4n) is 3.29. The second-order valence-corrected chi connectivity index (χ2v) is 7.86. The monoisotopic (exact) mass is 309 g/mol. The van der Waals surface area contributed by atoms with E-state index in [0.717, 1.165) is 19.0 Å². The topological polar surface area (TPSA) is 28.2 Å². The lowest BCUT2D eigenvalue weighted by atomic mass is 9.91. The first-order valence-corrected chi connectivity index (χ1v) is 9.27. The Morgan fingerprint density at radius 2 is 2.14 bits per heavy atom. The summed E-state index contributed by atoms with van der Waals surface area (Å²) in [4.78, 5) is 7.21. The molecule has 0 spiro atoms. The van der Waals surface area contributed by atoms with Crippen LogP contribution in [-0.4, -0.2) is 41.6 Å². The number of rotatable bonds is 6. The van der Waals surface area contributed by atoms with Gasteiger partial charge in [-0.3, -0.25) is 4.90 Å². The summed E-state index contributed by atoms with van der Waals surface area (Å²) in [5.41, 5.74) is 0. The average molecular weight is 310 g/mol. The Morgan fingerprint density at radius 1 is 1.38 bits per heavy atom. The summed E-state index contributed by atoms with van der Waals surface area (Å²) in [5.74, 6) is 1.97. The van der Waals surface area contributed by atoms with Gasteiger partial charge in [0.25, 0.3) is 0 Å². The highest BCUT2D eigenvalue weighted by atomic mass is 32.1. The van der Waals surface area contributed by atoms with Gasteiger partial charge in [0.2, 0.25) is 0 Å². The van der Waals surface area contributed by atoms with Crippen LogP contribution in [0.1, 0.15) is 52.0 Å². The van der Waals surface area contributed by atoms with E-state index >= 15 is 0 Å². The highest BCUT2D eigenvalue weighted by Gasteiger charge is 2.32. The summed E-state index contributed by atoms with van der Waals surface area (Å²) in [6.07, 6.45) is 3.18. The largest absolute Gasteiger partial charge is 0.311 e. The van der Waals surface area contributed by atoms with Crippen LogP contribution in [0.5, 0.6) is 0 Å². The van der Waals surface area contributed by atoms with E-state index in [1.807, 2.05) is 6.20 Å². The molecule has 2 heterocycles. The number of aromatic nitrogens is 1. The molecule has 0 aliphatic carbocycles. The molecule has 1 saturated heterocycles. The normalized spacial score (nSPS) is 27.0. The van der Waals surface area contributed by atoms with Crippen molar-refractivity contribution in [2.24, 2.45) is 11.8 Å². The minimum atomic E-state index is 0.530. The van der Waals surface area contributed by atoms with Gasteiger partial charge in [-0.05, 0) is 11.8 Å². The molecule has 120 valence electrons. The van der Waals surface area contributed by atoms with Gasteiger partial charge >= 0.3 is 0 Å². The molecular formula is C17H31N3S. The third kappa shape index (κ3) is 4.27. The molecule has 1 aliphatic rings. The number of thiazole rings is 1. The number of nitrogens with zero attached hydrogens (tertiary/aromatic N) is 2. The molecule has 1 fully saturated rings. The summed E-state index contributed by atoms with van der Waals surface area (Å²) >= 11 is 1.79. The van der Waals surface area contributed by atoms with Gasteiger partial charge < -0.3 is 5.32 Å². The van der Waals surface area contributed by atoms with E-state index in [-0.39, 0.29) is 0 Å². The van der Waals surface area contributed by atoms with Gasteiger partial charge in [0.1, 0.15) is 0 Å². The fourth-order valence-corrected chi connectivity index (χ4v) is 3.98. The van der Waals surface area contributed by atoms with Gasteiger partial charge in [-0.2, -0.15) is 0 Å². The Bertz CT molecular complexity index is 404. The van der Waals surface area contributed by atoms with Crippen molar-refractivity contribution >= 4 is 11.3 Å². The van der Waals surface area contributed by atoms with Crippen molar-refractivity contribution in [1.82, 2.24) is 15.2 Å². The summed E-state index contributed by atoms with van der Waals surface area (Å²) in [6, 6.07) is 1.28. The molecule has 1 aromatic heterocycles. The van der Waals surface area contributed by atoms with Gasteiger partial charge in [-0.25, -0.2) is 4.98 Å². The van der Waals surface area contributed by atoms with E-state index in [1.165, 1.54) is 18.0 Å². The molecule has 1 aliphatic heterocycles. The van der Waals surface area contributed by atoms with Crippen molar-refractivity contribution < 1.29 is 0 Å². The third-order valence-corrected chi connectivity index (χ3v) is 5.98. The fraction of sp³-hybridized carbons (Fsp3) is 0.824. The number of piperazine rings is 1. The van der Waals surface area contributed by atoms with E-state index in [4.69, 9.17) is 0 Å². The standard InChI is InChI=1S/C17H31N3S/c1-6-13(4)15-11-20(16(9-19-15)12(2)3)10-14(5)17-18-7-8-21-17/h7-8,12-16,19H,6,9-11H2,1-5H3. The minimum absolute atomic E-state index is 0.530. The molecule has 4 unspecified atom stereocenters. The van der Waals surface area contributed by atoms with Crippen molar-refractivity contribution in [1.29, 1.82) is 0 Å². The maximum Gasteiger partial charge on any atom is 0.0965 e. The second-order valence-electron chi connectivity index (χ2n) is 6.94. The Morgan fingerprint density at radius 3 is 2.71 bits per heavy atom. The van der Waals surface area contributed by atoms with Crippen LogP contribution in [-0.2, 0) is 0 Å². The van der Waals surface area contributed by atoms with Crippen LogP contribution in [0.2, 0.25) is 0 Å². The van der Waals surface area contributed by atoms with E-state index < -0.39 is 0 Å². The number of hydrogen-bond acceptors (Lipinski definition) is 4. The van der Waals surface area contributed by atoms with Crippen LogP contribution in [0, 0.1) is 11.8 Å². The molecular weight excluding hydrogens is 278 g/mol. The van der Waals surface area contributed by atoms with E-state index in [2.05, 4.69) is 55.2 Å². The summed E-state index contributed by atoms with van der Waals surface area (Å²) in [5, 5.41) is 7.15. The van der Waals surface area contributed by atoms with Gasteiger partial charge in [0, 0.05) is 49.2 Å². The van der Waals surface area contributed by atoms with Crippen LogP contribution in [0.15, 0.2) is 11.6 Å². The minimum Gasteiger partial charge on any atom is -0.311 e. The first-order chi connectivity index (χ1) is 10.0. The van der Waals surface area contributed by atoms with Crippen molar-refractivity contribution in [3.05, 3.63) is 16.6 Å². The molecule has 3 nitrogen and oxygen atoms in total. The molecule has 0 amide bonds. The molecule has 21 heavy (non-hydrogen) atoms. The van der Waals surface area contributed by atoms with Gasteiger partial charge in [-0.15, -0.1) is 11.3 Å². The Hall–Kier alpha value is -0.450. The first kappa shape index (κ1) is 16.9. The molecule has 0 aromatic carbocycles. The predicted octanol–water partition coefficient (Wildman–Crippen LogP) is 3.59. The van der Waals surface area contributed by atoms with Crippen molar-refractivity contribution in [3.63, 3.8) is 0 Å². The zero-order valence-corrected chi connectivity index (χ0v) is 15.0. The lowest BCUT2D eigenvalue weighted by molar-refractivity contribution is 0.0774. The molecule has 1 aromatic rings. The van der Waals surface area contributed by atoms with Crippen molar-refractivity contribution in [2.75, 3.05) is 19.6 Å². The van der Waals surface area contributed by atoms with Crippen LogP contribution in [0.3, 0.4) is 0 Å². The van der Waals surface area contributed by atoms with Crippen molar-refractivity contribution in [2.45, 2.75) is 59.0 Å².